The molecule has 7 rings (SSSR count). The van der Waals surface area contributed by atoms with E-state index >= 15 is 0 Å². The van der Waals surface area contributed by atoms with Crippen molar-refractivity contribution in [2.24, 2.45) is 0 Å². The fourth-order valence-electron chi connectivity index (χ4n) is 6.69. The van der Waals surface area contributed by atoms with Crippen LogP contribution < -0.4 is 14.4 Å². The summed E-state index contributed by atoms with van der Waals surface area (Å²) in [6.07, 6.45) is 9.71. The Morgan fingerprint density at radius 1 is 1.04 bits per heavy atom. The van der Waals surface area contributed by atoms with Crippen molar-refractivity contribution in [2.45, 2.75) is 31.7 Å². The van der Waals surface area contributed by atoms with E-state index in [2.05, 4.69) is 21.8 Å². The third-order valence-corrected chi connectivity index (χ3v) is 9.12. The summed E-state index contributed by atoms with van der Waals surface area (Å²) < 4.78 is 27.3. The number of carbonyl (C=O) groups is 1. The normalized spacial score (nSPS) is 17.6. The third-order valence-electron chi connectivity index (χ3n) is 9.12. The number of aromatic nitrogens is 2. The Hall–Kier alpha value is -5.08. The molecule has 3 aliphatic heterocycles. The van der Waals surface area contributed by atoms with Crippen LogP contribution in [0.3, 0.4) is 0 Å². The highest BCUT2D eigenvalue weighted by Crippen LogP contribution is 2.36. The molecule has 2 saturated heterocycles. The van der Waals surface area contributed by atoms with Gasteiger partial charge in [-0.25, -0.2) is 14.2 Å². The Labute approximate surface area is 267 Å². The number of carbonyl (C=O) groups excluding carboxylic acids is 2. The third kappa shape index (κ3) is 5.61. The molecule has 0 N–H and O–H groups in total. The SMILES string of the molecule is COc1cc2c(cc1OCCCCN1CCN(c3nc(-c4ccc(F)cc4)n4ccccc34)CC1=C=O)C=C[C@@H]1CCCN1C2=O. The first-order valence-corrected chi connectivity index (χ1v) is 15.8. The van der Waals surface area contributed by atoms with Gasteiger partial charge in [0.15, 0.2) is 17.3 Å². The highest BCUT2D eigenvalue weighted by Gasteiger charge is 2.32. The van der Waals surface area contributed by atoms with E-state index in [1.807, 2.05) is 45.8 Å². The summed E-state index contributed by atoms with van der Waals surface area (Å²) in [5.74, 6) is 4.60. The van der Waals surface area contributed by atoms with Gasteiger partial charge in [0.25, 0.3) is 5.91 Å². The number of unbranched alkanes of at least 4 members (excludes halogenated alkanes) is 1. The molecule has 2 fully saturated rings. The number of hydrogen-bond acceptors (Lipinski definition) is 7. The number of ether oxygens (including phenoxy) is 2. The molecule has 1 atom stereocenters. The number of rotatable bonds is 9. The molecule has 10 heteroatoms. The zero-order valence-electron chi connectivity index (χ0n) is 25.8. The van der Waals surface area contributed by atoms with Crippen LogP contribution in [0.2, 0.25) is 0 Å². The largest absolute Gasteiger partial charge is 0.493 e. The second-order valence-corrected chi connectivity index (χ2v) is 11.9. The van der Waals surface area contributed by atoms with Crippen molar-refractivity contribution in [1.29, 1.82) is 0 Å². The summed E-state index contributed by atoms with van der Waals surface area (Å²) in [5.41, 5.74) is 3.83. The molecular weight excluding hydrogens is 585 g/mol. The van der Waals surface area contributed by atoms with Gasteiger partial charge in [-0.2, -0.15) is 0 Å². The zero-order chi connectivity index (χ0) is 31.6. The van der Waals surface area contributed by atoms with Crippen LogP contribution in [0.4, 0.5) is 10.2 Å². The lowest BCUT2D eigenvalue weighted by Gasteiger charge is -2.36. The van der Waals surface area contributed by atoms with E-state index in [4.69, 9.17) is 14.5 Å². The molecule has 2 aromatic heterocycles. The number of nitrogens with zero attached hydrogens (tertiary/aromatic N) is 5. The Morgan fingerprint density at radius 3 is 2.74 bits per heavy atom. The second kappa shape index (κ2) is 12.7. The predicted octanol–water partition coefficient (Wildman–Crippen LogP) is 5.48. The number of piperazine rings is 1. The van der Waals surface area contributed by atoms with Gasteiger partial charge in [-0.05, 0) is 79.8 Å². The fourth-order valence-corrected chi connectivity index (χ4v) is 6.69. The monoisotopic (exact) mass is 621 g/mol. The van der Waals surface area contributed by atoms with E-state index < -0.39 is 0 Å². The minimum absolute atomic E-state index is 0.0425. The van der Waals surface area contributed by atoms with Crippen LogP contribution in [0.15, 0.2) is 72.6 Å². The molecule has 5 heterocycles. The number of fused-ring (bicyclic) bond motifs is 3. The zero-order valence-corrected chi connectivity index (χ0v) is 25.8. The van der Waals surface area contributed by atoms with E-state index in [0.29, 0.717) is 55.5 Å². The van der Waals surface area contributed by atoms with Crippen LogP contribution in [0.1, 0.15) is 41.6 Å². The van der Waals surface area contributed by atoms with E-state index in [1.165, 1.54) is 12.1 Å². The van der Waals surface area contributed by atoms with Crippen LogP contribution in [0.25, 0.3) is 23.0 Å². The summed E-state index contributed by atoms with van der Waals surface area (Å²) in [6.45, 7) is 3.74. The lowest BCUT2D eigenvalue weighted by Crippen LogP contribution is -2.45. The number of amides is 1. The minimum Gasteiger partial charge on any atom is -0.493 e. The summed E-state index contributed by atoms with van der Waals surface area (Å²) >= 11 is 0. The highest BCUT2D eigenvalue weighted by molar-refractivity contribution is 6.00. The van der Waals surface area contributed by atoms with E-state index in [-0.39, 0.29) is 17.8 Å². The average Bonchev–Trinajstić information content (AvgIpc) is 3.69. The lowest BCUT2D eigenvalue weighted by atomic mass is 10.1. The molecular formula is C36H36FN5O4. The van der Waals surface area contributed by atoms with Gasteiger partial charge in [0, 0.05) is 37.9 Å². The van der Waals surface area contributed by atoms with Crippen LogP contribution >= 0.6 is 0 Å². The Bertz CT molecular complexity index is 1850. The van der Waals surface area contributed by atoms with Crippen molar-refractivity contribution in [3.63, 3.8) is 0 Å². The van der Waals surface area contributed by atoms with Gasteiger partial charge in [0.1, 0.15) is 23.3 Å². The number of pyridine rings is 1. The summed E-state index contributed by atoms with van der Waals surface area (Å²) in [7, 11) is 1.59. The summed E-state index contributed by atoms with van der Waals surface area (Å²) in [5, 5.41) is 0. The molecule has 0 bridgehead atoms. The number of imidazole rings is 1. The van der Waals surface area contributed by atoms with Gasteiger partial charge in [-0.1, -0.05) is 18.2 Å². The van der Waals surface area contributed by atoms with Crippen molar-refractivity contribution >= 4 is 29.3 Å². The minimum atomic E-state index is -0.294. The summed E-state index contributed by atoms with van der Waals surface area (Å²) in [6, 6.07) is 16.1. The van der Waals surface area contributed by atoms with Crippen LogP contribution in [0, 0.1) is 5.82 Å². The molecule has 0 unspecified atom stereocenters. The van der Waals surface area contributed by atoms with Gasteiger partial charge in [-0.3, -0.25) is 9.20 Å². The smallest absolute Gasteiger partial charge is 0.255 e. The van der Waals surface area contributed by atoms with Crippen molar-refractivity contribution in [2.75, 3.05) is 51.3 Å². The van der Waals surface area contributed by atoms with E-state index in [1.54, 1.807) is 25.3 Å². The number of halogens is 1. The molecule has 46 heavy (non-hydrogen) atoms. The topological polar surface area (TPSA) is 79.6 Å². The average molecular weight is 622 g/mol. The van der Waals surface area contributed by atoms with Gasteiger partial charge in [-0.15, -0.1) is 0 Å². The number of methoxy groups -OCH3 is 1. The maximum Gasteiger partial charge on any atom is 0.255 e. The maximum atomic E-state index is 13.6. The Morgan fingerprint density at radius 2 is 1.91 bits per heavy atom. The molecule has 3 aliphatic rings. The molecule has 0 spiro atoms. The molecule has 0 aliphatic carbocycles. The van der Waals surface area contributed by atoms with Crippen LogP contribution in [0.5, 0.6) is 11.5 Å². The molecule has 2 aromatic carbocycles. The number of hydrogen-bond donors (Lipinski definition) is 0. The Kier molecular flexibility index (Phi) is 8.20. The molecule has 9 nitrogen and oxygen atoms in total. The number of benzene rings is 2. The van der Waals surface area contributed by atoms with Gasteiger partial charge in [0.05, 0.1) is 37.4 Å². The van der Waals surface area contributed by atoms with Gasteiger partial charge < -0.3 is 24.2 Å². The first kappa shape index (κ1) is 29.6. The highest BCUT2D eigenvalue weighted by atomic mass is 19.1. The molecule has 0 saturated carbocycles. The lowest BCUT2D eigenvalue weighted by molar-refractivity contribution is 0.0763. The van der Waals surface area contributed by atoms with E-state index in [9.17, 15) is 14.0 Å². The number of anilines is 1. The van der Waals surface area contributed by atoms with Crippen LogP contribution in [-0.4, -0.2) is 83.5 Å². The van der Waals surface area contributed by atoms with Crippen molar-refractivity contribution in [3.05, 3.63) is 89.5 Å². The van der Waals surface area contributed by atoms with Crippen molar-refractivity contribution in [3.8, 4) is 22.9 Å². The predicted molar refractivity (Wildman–Crippen MR) is 174 cm³/mol. The van der Waals surface area contributed by atoms with E-state index in [0.717, 1.165) is 60.5 Å². The Balaban J connectivity index is 0.968. The molecule has 236 valence electrons. The summed E-state index contributed by atoms with van der Waals surface area (Å²) in [4.78, 5) is 36.3. The first-order chi connectivity index (χ1) is 22.5. The molecule has 0 radical (unpaired) electrons. The molecule has 1 amide bonds. The maximum absolute atomic E-state index is 13.6. The fraction of sp³-hybridized carbons (Fsp3) is 0.333. The molecule has 4 aromatic rings. The second-order valence-electron chi connectivity index (χ2n) is 11.9. The van der Waals surface area contributed by atoms with Crippen LogP contribution in [-0.2, 0) is 4.79 Å². The van der Waals surface area contributed by atoms with Gasteiger partial charge in [0.2, 0.25) is 0 Å². The first-order valence-electron chi connectivity index (χ1n) is 15.8. The van der Waals surface area contributed by atoms with Gasteiger partial charge >= 0.3 is 0 Å². The quantitative estimate of drug-likeness (QED) is 0.181. The van der Waals surface area contributed by atoms with Crippen molar-refractivity contribution < 1.29 is 23.5 Å². The standard InChI is InChI=1S/C36H36FN5O4/c1-45-32-22-30-26(11-14-28-7-6-17-41(28)36(30)44)21-33(32)46-20-5-4-15-39-18-19-40(23-29(39)24-43)35-31-8-2-3-16-42(31)34(38-35)25-9-12-27(37)13-10-25/h2-3,8-14,16,21-22,28H,4-7,15,17-20,23H2,1H3/t28-/m0/s1. The van der Waals surface area contributed by atoms with Crippen molar-refractivity contribution in [1.82, 2.24) is 19.2 Å².